The van der Waals surface area contributed by atoms with Gasteiger partial charge in [-0.3, -0.25) is 4.79 Å². The van der Waals surface area contributed by atoms with E-state index < -0.39 is 32.7 Å². The average molecular weight is 380 g/mol. The van der Waals surface area contributed by atoms with Crippen molar-refractivity contribution < 1.29 is 22.7 Å². The monoisotopic (exact) mass is 379 g/mol. The van der Waals surface area contributed by atoms with E-state index in [4.69, 9.17) is 5.11 Å². The second kappa shape index (κ2) is 6.41. The van der Waals surface area contributed by atoms with E-state index in [1.807, 2.05) is 0 Å². The van der Waals surface area contributed by atoms with Crippen LogP contribution < -0.4 is 0 Å². The molecule has 0 amide bonds. The fourth-order valence-corrected chi connectivity index (χ4v) is 4.58. The summed E-state index contributed by atoms with van der Waals surface area (Å²) in [6.45, 7) is 0.218. The van der Waals surface area contributed by atoms with E-state index >= 15 is 0 Å². The van der Waals surface area contributed by atoms with Crippen molar-refractivity contribution >= 4 is 31.9 Å². The lowest BCUT2D eigenvalue weighted by Crippen LogP contribution is -2.44. The minimum absolute atomic E-state index is 0.218. The lowest BCUT2D eigenvalue weighted by atomic mass is 10.0. The van der Waals surface area contributed by atoms with Crippen LogP contribution in [0.4, 0.5) is 4.39 Å². The summed E-state index contributed by atoms with van der Waals surface area (Å²) < 4.78 is 40.7. The van der Waals surface area contributed by atoms with E-state index in [1.165, 1.54) is 12.1 Å². The Labute approximate surface area is 130 Å². The van der Waals surface area contributed by atoms with Crippen molar-refractivity contribution in [3.63, 3.8) is 0 Å². The predicted octanol–water partition coefficient (Wildman–Crippen LogP) is 2.61. The Bertz CT molecular complexity index is 650. The molecule has 1 aliphatic heterocycles. The van der Waals surface area contributed by atoms with Crippen molar-refractivity contribution in [2.24, 2.45) is 0 Å². The Morgan fingerprint density at radius 1 is 1.43 bits per heavy atom. The number of hydrogen-bond donors (Lipinski definition) is 1. The molecule has 5 nitrogen and oxygen atoms in total. The summed E-state index contributed by atoms with van der Waals surface area (Å²) in [5.41, 5.74) is 0. The van der Waals surface area contributed by atoms with Gasteiger partial charge in [0, 0.05) is 17.1 Å². The van der Waals surface area contributed by atoms with E-state index in [0.29, 0.717) is 17.3 Å². The minimum atomic E-state index is -4.03. The van der Waals surface area contributed by atoms with Gasteiger partial charge in [-0.15, -0.1) is 0 Å². The van der Waals surface area contributed by atoms with E-state index in [2.05, 4.69) is 15.9 Å². The molecule has 1 aromatic carbocycles. The second-order valence-corrected chi connectivity index (χ2v) is 7.71. The minimum Gasteiger partial charge on any atom is -0.481 e. The summed E-state index contributed by atoms with van der Waals surface area (Å²) in [7, 11) is -4.03. The van der Waals surface area contributed by atoms with Crippen LogP contribution in [0.3, 0.4) is 0 Å². The zero-order chi connectivity index (χ0) is 15.6. The molecule has 1 aliphatic rings. The van der Waals surface area contributed by atoms with Crippen LogP contribution in [0.1, 0.15) is 25.7 Å². The summed E-state index contributed by atoms with van der Waals surface area (Å²) in [6, 6.07) is 3.11. The van der Waals surface area contributed by atoms with Crippen LogP contribution in [0.15, 0.2) is 27.6 Å². The Kier molecular flexibility index (Phi) is 5.00. The summed E-state index contributed by atoms with van der Waals surface area (Å²) in [4.78, 5) is 10.5. The van der Waals surface area contributed by atoms with Crippen molar-refractivity contribution in [2.45, 2.75) is 36.6 Å². The molecule has 0 aliphatic carbocycles. The lowest BCUT2D eigenvalue weighted by molar-refractivity contribution is -0.138. The number of carboxylic acids is 1. The molecule has 0 saturated carbocycles. The van der Waals surface area contributed by atoms with Crippen LogP contribution in [0.5, 0.6) is 0 Å². The normalized spacial score (nSPS) is 20.4. The van der Waals surface area contributed by atoms with Gasteiger partial charge in [0.25, 0.3) is 0 Å². The summed E-state index contributed by atoms with van der Waals surface area (Å²) in [6.07, 6.45) is 1.63. The van der Waals surface area contributed by atoms with Gasteiger partial charge in [-0.05, 0) is 31.0 Å². The zero-order valence-electron chi connectivity index (χ0n) is 11.1. The van der Waals surface area contributed by atoms with Crippen LogP contribution >= 0.6 is 15.9 Å². The van der Waals surface area contributed by atoms with Gasteiger partial charge < -0.3 is 5.11 Å². The molecule has 21 heavy (non-hydrogen) atoms. The number of nitrogens with zero attached hydrogens (tertiary/aromatic N) is 1. The molecule has 1 unspecified atom stereocenters. The number of sulfonamides is 1. The van der Waals surface area contributed by atoms with Crippen LogP contribution in [0, 0.1) is 5.82 Å². The fourth-order valence-electron chi connectivity index (χ4n) is 2.51. The third-order valence-corrected chi connectivity index (χ3v) is 5.94. The third-order valence-electron chi connectivity index (χ3n) is 3.46. The molecule has 2 rings (SSSR count). The first-order valence-electron chi connectivity index (χ1n) is 6.51. The molecule has 1 atom stereocenters. The van der Waals surface area contributed by atoms with Gasteiger partial charge in [0.15, 0.2) is 0 Å². The fraction of sp³-hybridized carbons (Fsp3) is 0.462. The SMILES string of the molecule is O=C(O)CC1CCCCN1S(=O)(=O)c1ccc(Br)cc1F. The number of halogens is 2. The van der Waals surface area contributed by atoms with Crippen LogP contribution in [-0.4, -0.2) is 36.4 Å². The smallest absolute Gasteiger partial charge is 0.304 e. The first-order valence-corrected chi connectivity index (χ1v) is 8.74. The predicted molar refractivity (Wildman–Crippen MR) is 77.9 cm³/mol. The van der Waals surface area contributed by atoms with Crippen LogP contribution in [0.25, 0.3) is 0 Å². The van der Waals surface area contributed by atoms with Gasteiger partial charge in [0.05, 0.1) is 6.42 Å². The number of carbonyl (C=O) groups is 1. The summed E-state index contributed by atoms with van der Waals surface area (Å²) >= 11 is 3.08. The molecule has 116 valence electrons. The molecule has 1 saturated heterocycles. The molecule has 0 aromatic heterocycles. The lowest BCUT2D eigenvalue weighted by Gasteiger charge is -2.33. The highest BCUT2D eigenvalue weighted by Crippen LogP contribution is 2.29. The van der Waals surface area contributed by atoms with E-state index in [1.54, 1.807) is 0 Å². The van der Waals surface area contributed by atoms with Crippen LogP contribution in [0.2, 0.25) is 0 Å². The molecular weight excluding hydrogens is 365 g/mol. The third kappa shape index (κ3) is 3.61. The van der Waals surface area contributed by atoms with Crippen molar-refractivity contribution in [3.05, 3.63) is 28.5 Å². The molecular formula is C13H15BrFNO4S. The molecule has 1 N–H and O–H groups in total. The van der Waals surface area contributed by atoms with Crippen molar-refractivity contribution in [2.75, 3.05) is 6.54 Å². The number of benzene rings is 1. The van der Waals surface area contributed by atoms with Crippen molar-refractivity contribution in [1.82, 2.24) is 4.31 Å². The maximum atomic E-state index is 13.9. The number of aliphatic carboxylic acids is 1. The Morgan fingerprint density at radius 3 is 2.76 bits per heavy atom. The zero-order valence-corrected chi connectivity index (χ0v) is 13.5. The van der Waals surface area contributed by atoms with Crippen molar-refractivity contribution in [1.29, 1.82) is 0 Å². The van der Waals surface area contributed by atoms with Gasteiger partial charge in [-0.2, -0.15) is 4.31 Å². The first kappa shape index (κ1) is 16.4. The maximum absolute atomic E-state index is 13.9. The number of piperidine rings is 1. The van der Waals surface area contributed by atoms with Crippen LogP contribution in [-0.2, 0) is 14.8 Å². The quantitative estimate of drug-likeness (QED) is 0.872. The number of carboxylic acid groups (broad SMARTS) is 1. The van der Waals surface area contributed by atoms with Gasteiger partial charge in [-0.25, -0.2) is 12.8 Å². The molecule has 1 fully saturated rings. The van der Waals surface area contributed by atoms with E-state index in [9.17, 15) is 17.6 Å². The largest absolute Gasteiger partial charge is 0.481 e. The van der Waals surface area contributed by atoms with Gasteiger partial charge in [-0.1, -0.05) is 22.4 Å². The second-order valence-electron chi connectivity index (χ2n) is 4.94. The van der Waals surface area contributed by atoms with Crippen molar-refractivity contribution in [3.8, 4) is 0 Å². The molecule has 0 spiro atoms. The van der Waals surface area contributed by atoms with Gasteiger partial charge in [0.2, 0.25) is 10.0 Å². The summed E-state index contributed by atoms with van der Waals surface area (Å²) in [5, 5.41) is 8.91. The molecule has 1 heterocycles. The molecule has 8 heteroatoms. The van der Waals surface area contributed by atoms with Gasteiger partial charge >= 0.3 is 5.97 Å². The standard InChI is InChI=1S/C13H15BrFNO4S/c14-9-4-5-12(11(15)7-9)21(19,20)16-6-2-1-3-10(16)8-13(17)18/h4-5,7,10H,1-3,6,8H2,(H,17,18). The number of rotatable bonds is 4. The molecule has 1 aromatic rings. The average Bonchev–Trinajstić information content (AvgIpc) is 2.37. The first-order chi connectivity index (χ1) is 9.82. The highest BCUT2D eigenvalue weighted by molar-refractivity contribution is 9.10. The Morgan fingerprint density at radius 2 is 2.14 bits per heavy atom. The number of hydrogen-bond acceptors (Lipinski definition) is 3. The molecule has 0 radical (unpaired) electrons. The molecule has 0 bridgehead atoms. The van der Waals surface area contributed by atoms with E-state index in [-0.39, 0.29) is 13.0 Å². The Balaban J connectivity index is 2.38. The maximum Gasteiger partial charge on any atom is 0.304 e. The highest BCUT2D eigenvalue weighted by Gasteiger charge is 2.36. The Hall–Kier alpha value is -0.990. The van der Waals surface area contributed by atoms with E-state index in [0.717, 1.165) is 16.8 Å². The highest BCUT2D eigenvalue weighted by atomic mass is 79.9. The summed E-state index contributed by atoms with van der Waals surface area (Å²) in [5.74, 6) is -1.90. The topological polar surface area (TPSA) is 74.7 Å². The van der Waals surface area contributed by atoms with Gasteiger partial charge in [0.1, 0.15) is 10.7 Å².